The van der Waals surface area contributed by atoms with Crippen molar-refractivity contribution in [3.05, 3.63) is 23.7 Å². The zero-order valence-corrected chi connectivity index (χ0v) is 9.30. The minimum Gasteiger partial charge on any atom is -0.463 e. The lowest BCUT2D eigenvalue weighted by molar-refractivity contribution is -0.125. The molecule has 94 valence electrons. The van der Waals surface area contributed by atoms with Gasteiger partial charge in [-0.05, 0) is 12.1 Å². The predicted octanol–water partition coefficient (Wildman–Crippen LogP) is -0.998. The first kappa shape index (κ1) is 13.2. The van der Waals surface area contributed by atoms with E-state index in [4.69, 9.17) is 15.3 Å². The van der Waals surface area contributed by atoms with Crippen molar-refractivity contribution >= 4 is 11.9 Å². The van der Waals surface area contributed by atoms with Crippen LogP contribution in [-0.4, -0.2) is 36.7 Å². The van der Waals surface area contributed by atoms with Gasteiger partial charge in [0, 0.05) is 6.54 Å². The average molecular weight is 242 g/mol. The third-order valence-electron chi connectivity index (χ3n) is 2.01. The maximum Gasteiger partial charge on any atom is 0.373 e. The molecule has 1 amide bonds. The summed E-state index contributed by atoms with van der Waals surface area (Å²) in [4.78, 5) is 21.6. The molecule has 1 unspecified atom stereocenters. The fourth-order valence-corrected chi connectivity index (χ4v) is 1.12. The average Bonchev–Trinajstić information content (AvgIpc) is 2.76. The molecule has 0 aliphatic rings. The number of hydrogen-bond donors (Lipinski definition) is 3. The van der Waals surface area contributed by atoms with Gasteiger partial charge in [0.25, 0.3) is 0 Å². The number of methoxy groups -OCH3 is 1. The van der Waals surface area contributed by atoms with E-state index in [-0.39, 0.29) is 18.8 Å². The second-order valence-electron chi connectivity index (χ2n) is 3.31. The number of ether oxygens (including phenoxy) is 1. The molecule has 17 heavy (non-hydrogen) atoms. The standard InChI is InChI=1S/C10H14N2O5/c1-16-10(15)8-3-2-6(17-8)4-12-5-7(13)9(11)14/h2-3,7,12-13H,4-5H2,1H3,(H2,11,14). The Kier molecular flexibility index (Phi) is 4.68. The van der Waals surface area contributed by atoms with Gasteiger partial charge < -0.3 is 25.3 Å². The van der Waals surface area contributed by atoms with Crippen LogP contribution >= 0.6 is 0 Å². The summed E-state index contributed by atoms with van der Waals surface area (Å²) in [5, 5.41) is 11.9. The number of carbonyl (C=O) groups is 2. The maximum atomic E-state index is 11.1. The van der Waals surface area contributed by atoms with E-state index in [9.17, 15) is 9.59 Å². The van der Waals surface area contributed by atoms with E-state index in [1.165, 1.54) is 13.2 Å². The van der Waals surface area contributed by atoms with Gasteiger partial charge in [0.1, 0.15) is 11.9 Å². The van der Waals surface area contributed by atoms with Crippen LogP contribution in [0.3, 0.4) is 0 Å². The molecule has 0 aromatic carbocycles. The Bertz CT molecular complexity index is 401. The van der Waals surface area contributed by atoms with Crippen LogP contribution in [0.1, 0.15) is 16.3 Å². The van der Waals surface area contributed by atoms with Crippen LogP contribution in [0.25, 0.3) is 0 Å². The minimum atomic E-state index is -1.25. The zero-order chi connectivity index (χ0) is 12.8. The van der Waals surface area contributed by atoms with E-state index in [2.05, 4.69) is 10.1 Å². The summed E-state index contributed by atoms with van der Waals surface area (Å²) in [6.07, 6.45) is -1.25. The van der Waals surface area contributed by atoms with Gasteiger partial charge in [-0.25, -0.2) is 4.79 Å². The van der Waals surface area contributed by atoms with E-state index in [1.807, 2.05) is 0 Å². The topological polar surface area (TPSA) is 115 Å². The lowest BCUT2D eigenvalue weighted by atomic mass is 10.3. The monoisotopic (exact) mass is 242 g/mol. The molecule has 1 heterocycles. The number of esters is 1. The number of nitrogens with one attached hydrogen (secondary N) is 1. The number of nitrogens with two attached hydrogens (primary N) is 1. The van der Waals surface area contributed by atoms with Crippen molar-refractivity contribution in [3.63, 3.8) is 0 Å². The highest BCUT2D eigenvalue weighted by molar-refractivity contribution is 5.86. The van der Waals surface area contributed by atoms with Crippen molar-refractivity contribution in [1.29, 1.82) is 0 Å². The van der Waals surface area contributed by atoms with E-state index in [1.54, 1.807) is 6.07 Å². The lowest BCUT2D eigenvalue weighted by Gasteiger charge is -2.06. The molecule has 1 aromatic heterocycles. The van der Waals surface area contributed by atoms with E-state index in [0.717, 1.165) is 0 Å². The van der Waals surface area contributed by atoms with Gasteiger partial charge in [-0.2, -0.15) is 0 Å². The molecule has 0 radical (unpaired) electrons. The first-order chi connectivity index (χ1) is 8.04. The fraction of sp³-hybridized carbons (Fsp3) is 0.400. The van der Waals surface area contributed by atoms with Crippen LogP contribution < -0.4 is 11.1 Å². The molecule has 4 N–H and O–H groups in total. The molecule has 1 atom stereocenters. The number of primary amides is 1. The molecular weight excluding hydrogens is 228 g/mol. The highest BCUT2D eigenvalue weighted by Gasteiger charge is 2.12. The summed E-state index contributed by atoms with van der Waals surface area (Å²) in [5.41, 5.74) is 4.86. The van der Waals surface area contributed by atoms with Gasteiger partial charge in [0.05, 0.1) is 13.7 Å². The van der Waals surface area contributed by atoms with Crippen LogP contribution in [0.5, 0.6) is 0 Å². The number of carbonyl (C=O) groups excluding carboxylic acids is 2. The van der Waals surface area contributed by atoms with E-state index >= 15 is 0 Å². The molecule has 0 aliphatic carbocycles. The first-order valence-corrected chi connectivity index (χ1v) is 4.89. The summed E-state index contributed by atoms with van der Waals surface area (Å²) >= 11 is 0. The molecule has 1 rings (SSSR count). The normalized spacial score (nSPS) is 12.1. The molecule has 0 aliphatic heterocycles. The molecule has 1 aromatic rings. The Labute approximate surface area is 97.5 Å². The Morgan fingerprint density at radius 3 is 2.88 bits per heavy atom. The van der Waals surface area contributed by atoms with Crippen LogP contribution in [0.4, 0.5) is 0 Å². The van der Waals surface area contributed by atoms with Gasteiger partial charge in [-0.1, -0.05) is 0 Å². The van der Waals surface area contributed by atoms with Crippen molar-refractivity contribution in [2.24, 2.45) is 5.73 Å². The van der Waals surface area contributed by atoms with Crippen LogP contribution in [0, 0.1) is 0 Å². The third kappa shape index (κ3) is 3.89. The second-order valence-corrected chi connectivity index (χ2v) is 3.31. The Balaban J connectivity index is 2.40. The van der Waals surface area contributed by atoms with E-state index in [0.29, 0.717) is 5.76 Å². The number of amides is 1. The van der Waals surface area contributed by atoms with Crippen LogP contribution in [0.2, 0.25) is 0 Å². The largest absolute Gasteiger partial charge is 0.463 e. The highest BCUT2D eigenvalue weighted by Crippen LogP contribution is 2.08. The molecule has 0 bridgehead atoms. The molecule has 7 nitrogen and oxygen atoms in total. The molecule has 0 saturated heterocycles. The van der Waals surface area contributed by atoms with Gasteiger partial charge in [-0.15, -0.1) is 0 Å². The van der Waals surface area contributed by atoms with Crippen molar-refractivity contribution in [3.8, 4) is 0 Å². The summed E-state index contributed by atoms with van der Waals surface area (Å²) in [7, 11) is 1.26. The summed E-state index contributed by atoms with van der Waals surface area (Å²) in [5.74, 6) is -0.776. The van der Waals surface area contributed by atoms with Gasteiger partial charge >= 0.3 is 5.97 Å². The minimum absolute atomic E-state index is 0.0175. The Hall–Kier alpha value is -1.86. The number of hydrogen-bond acceptors (Lipinski definition) is 6. The predicted molar refractivity (Wildman–Crippen MR) is 57.0 cm³/mol. The summed E-state index contributed by atoms with van der Waals surface area (Å²) in [6.45, 7) is 0.283. The SMILES string of the molecule is COC(=O)c1ccc(CNCC(O)C(N)=O)o1. The number of furan rings is 1. The summed E-state index contributed by atoms with van der Waals surface area (Å²) in [6, 6.07) is 3.07. The second kappa shape index (κ2) is 6.02. The van der Waals surface area contributed by atoms with Crippen LogP contribution in [0.15, 0.2) is 16.5 Å². The van der Waals surface area contributed by atoms with E-state index < -0.39 is 18.0 Å². The maximum absolute atomic E-state index is 11.1. The van der Waals surface area contributed by atoms with Crippen LogP contribution in [-0.2, 0) is 16.1 Å². The van der Waals surface area contributed by atoms with Crippen molar-refractivity contribution in [1.82, 2.24) is 5.32 Å². The quantitative estimate of drug-likeness (QED) is 0.551. The number of aliphatic hydroxyl groups excluding tert-OH is 1. The summed E-state index contributed by atoms with van der Waals surface area (Å²) < 4.78 is 9.61. The Morgan fingerprint density at radius 2 is 2.29 bits per heavy atom. The van der Waals surface area contributed by atoms with Gasteiger partial charge in [-0.3, -0.25) is 4.79 Å². The molecule has 0 spiro atoms. The lowest BCUT2D eigenvalue weighted by Crippen LogP contribution is -2.37. The zero-order valence-electron chi connectivity index (χ0n) is 9.30. The van der Waals surface area contributed by atoms with Crippen molar-refractivity contribution in [2.45, 2.75) is 12.6 Å². The van der Waals surface area contributed by atoms with Crippen molar-refractivity contribution in [2.75, 3.05) is 13.7 Å². The molecule has 7 heteroatoms. The Morgan fingerprint density at radius 1 is 1.59 bits per heavy atom. The number of aliphatic hydroxyl groups is 1. The van der Waals surface area contributed by atoms with Gasteiger partial charge in [0.2, 0.25) is 11.7 Å². The highest BCUT2D eigenvalue weighted by atomic mass is 16.5. The fourth-order valence-electron chi connectivity index (χ4n) is 1.12. The third-order valence-corrected chi connectivity index (χ3v) is 2.01. The van der Waals surface area contributed by atoms with Crippen molar-refractivity contribution < 1.29 is 23.8 Å². The smallest absolute Gasteiger partial charge is 0.373 e. The molecule has 0 saturated carbocycles. The number of rotatable bonds is 6. The first-order valence-electron chi connectivity index (χ1n) is 4.89. The molecule has 0 fully saturated rings. The molecular formula is C10H14N2O5. The van der Waals surface area contributed by atoms with Gasteiger partial charge in [0.15, 0.2) is 0 Å².